The molecule has 5 nitrogen and oxygen atoms in total. The van der Waals surface area contributed by atoms with Gasteiger partial charge in [0.15, 0.2) is 0 Å². The summed E-state index contributed by atoms with van der Waals surface area (Å²) in [4.78, 5) is 26.2. The maximum absolute atomic E-state index is 13.8. The van der Waals surface area contributed by atoms with E-state index in [9.17, 15) is 18.4 Å². The van der Waals surface area contributed by atoms with Crippen molar-refractivity contribution in [3.63, 3.8) is 0 Å². The molecule has 1 aromatic carbocycles. The van der Waals surface area contributed by atoms with Crippen molar-refractivity contribution in [2.45, 2.75) is 29.1 Å². The molecule has 3 rings (SSSR count). The number of carbonyl (C=O) groups excluding carboxylic acids is 2. The summed E-state index contributed by atoms with van der Waals surface area (Å²) in [5.41, 5.74) is -0.879. The number of amides is 2. The van der Waals surface area contributed by atoms with Gasteiger partial charge in [-0.2, -0.15) is 0 Å². The number of nitrogens with one attached hydrogen (secondary N) is 3. The van der Waals surface area contributed by atoms with E-state index in [1.807, 2.05) is 12.3 Å². The molecule has 150 valence electrons. The van der Waals surface area contributed by atoms with Crippen LogP contribution in [-0.4, -0.2) is 36.7 Å². The Morgan fingerprint density at radius 1 is 1.21 bits per heavy atom. The van der Waals surface area contributed by atoms with Crippen LogP contribution >= 0.6 is 23.1 Å². The molecule has 1 saturated heterocycles. The largest absolute Gasteiger partial charge is 0.350 e. The summed E-state index contributed by atoms with van der Waals surface area (Å²) in [6, 6.07) is 6.84. The lowest BCUT2D eigenvalue weighted by atomic mass is 9.87. The van der Waals surface area contributed by atoms with Gasteiger partial charge in [0, 0.05) is 18.2 Å². The van der Waals surface area contributed by atoms with Gasteiger partial charge in [0.05, 0.1) is 9.09 Å². The molecule has 0 saturated carbocycles. The van der Waals surface area contributed by atoms with Crippen molar-refractivity contribution in [2.24, 2.45) is 0 Å². The van der Waals surface area contributed by atoms with Gasteiger partial charge >= 0.3 is 0 Å². The first-order valence-corrected chi connectivity index (χ1v) is 10.9. The van der Waals surface area contributed by atoms with Crippen LogP contribution < -0.4 is 16.0 Å². The highest BCUT2D eigenvalue weighted by Gasteiger charge is 2.41. The number of thioether (sulfide) groups is 1. The van der Waals surface area contributed by atoms with Crippen LogP contribution in [-0.2, 0) is 11.3 Å². The predicted molar refractivity (Wildman–Crippen MR) is 107 cm³/mol. The van der Waals surface area contributed by atoms with Gasteiger partial charge in [-0.1, -0.05) is 6.07 Å². The van der Waals surface area contributed by atoms with E-state index >= 15 is 0 Å². The van der Waals surface area contributed by atoms with E-state index < -0.39 is 17.2 Å². The van der Waals surface area contributed by atoms with Crippen molar-refractivity contribution in [3.05, 3.63) is 52.4 Å². The molecule has 0 radical (unpaired) electrons. The fraction of sp³-hybridized carbons (Fsp3) is 0.368. The fourth-order valence-electron chi connectivity index (χ4n) is 3.10. The number of benzene rings is 1. The molecule has 1 fully saturated rings. The first-order chi connectivity index (χ1) is 13.4. The normalized spacial score (nSPS) is 15.8. The lowest BCUT2D eigenvalue weighted by molar-refractivity contribution is -0.128. The van der Waals surface area contributed by atoms with Crippen LogP contribution in [0.1, 0.15) is 28.1 Å². The van der Waals surface area contributed by atoms with Crippen molar-refractivity contribution in [3.8, 4) is 0 Å². The summed E-state index contributed by atoms with van der Waals surface area (Å²) < 4.78 is 27.9. The molecular formula is C19H21F2N3O2S2. The third kappa shape index (κ3) is 4.71. The van der Waals surface area contributed by atoms with Crippen LogP contribution in [0, 0.1) is 11.6 Å². The highest BCUT2D eigenvalue weighted by molar-refractivity contribution is 8.00. The molecule has 0 spiro atoms. The van der Waals surface area contributed by atoms with Gasteiger partial charge in [0.1, 0.15) is 17.2 Å². The molecular weight excluding hydrogens is 404 g/mol. The number of thiophene rings is 1. The van der Waals surface area contributed by atoms with E-state index in [-0.39, 0.29) is 23.9 Å². The summed E-state index contributed by atoms with van der Waals surface area (Å²) in [7, 11) is 0. The molecule has 2 aromatic rings. The lowest BCUT2D eigenvalue weighted by Gasteiger charge is -2.36. The maximum atomic E-state index is 13.8. The van der Waals surface area contributed by atoms with Gasteiger partial charge < -0.3 is 16.0 Å². The van der Waals surface area contributed by atoms with Crippen molar-refractivity contribution in [1.29, 1.82) is 0 Å². The monoisotopic (exact) mass is 425 g/mol. The van der Waals surface area contributed by atoms with Gasteiger partial charge in [0.2, 0.25) is 5.91 Å². The first kappa shape index (κ1) is 20.8. The predicted octanol–water partition coefficient (Wildman–Crippen LogP) is 2.92. The quantitative estimate of drug-likeness (QED) is 0.623. The molecule has 28 heavy (non-hydrogen) atoms. The highest BCUT2D eigenvalue weighted by atomic mass is 32.2. The molecule has 1 aromatic heterocycles. The smallest absolute Gasteiger partial charge is 0.262 e. The molecule has 1 aliphatic heterocycles. The third-order valence-corrected chi connectivity index (χ3v) is 6.87. The average molecular weight is 426 g/mol. The minimum absolute atomic E-state index is 0.0778. The van der Waals surface area contributed by atoms with Crippen LogP contribution in [0.15, 0.2) is 34.5 Å². The highest BCUT2D eigenvalue weighted by Crippen LogP contribution is 2.27. The van der Waals surface area contributed by atoms with Gasteiger partial charge in [0.25, 0.3) is 5.91 Å². The molecule has 3 N–H and O–H groups in total. The minimum Gasteiger partial charge on any atom is -0.350 e. The van der Waals surface area contributed by atoms with Crippen molar-refractivity contribution in [2.75, 3.05) is 19.3 Å². The maximum Gasteiger partial charge on any atom is 0.262 e. The molecule has 0 bridgehead atoms. The molecule has 0 aliphatic carbocycles. The second kappa shape index (κ2) is 9.02. The molecule has 2 amide bonds. The summed E-state index contributed by atoms with van der Waals surface area (Å²) in [5, 5.41) is 8.78. The lowest BCUT2D eigenvalue weighted by Crippen LogP contribution is -2.62. The number of halogens is 2. The van der Waals surface area contributed by atoms with E-state index in [1.165, 1.54) is 17.4 Å². The van der Waals surface area contributed by atoms with E-state index in [0.717, 1.165) is 16.3 Å². The van der Waals surface area contributed by atoms with E-state index in [4.69, 9.17) is 0 Å². The van der Waals surface area contributed by atoms with Crippen molar-refractivity contribution < 1.29 is 18.4 Å². The summed E-state index contributed by atoms with van der Waals surface area (Å²) in [5.74, 6) is -2.05. The summed E-state index contributed by atoms with van der Waals surface area (Å²) in [6.45, 7) is 1.09. The Balaban J connectivity index is 1.72. The Kier molecular flexibility index (Phi) is 6.69. The van der Waals surface area contributed by atoms with E-state index in [0.29, 0.717) is 30.8 Å². The van der Waals surface area contributed by atoms with Gasteiger partial charge in [-0.05, 0) is 50.4 Å². The van der Waals surface area contributed by atoms with Crippen molar-refractivity contribution in [1.82, 2.24) is 16.0 Å². The second-order valence-electron chi connectivity index (χ2n) is 6.53. The Bertz CT molecular complexity index is 867. The molecule has 9 heteroatoms. The molecule has 0 atom stereocenters. The van der Waals surface area contributed by atoms with Gasteiger partial charge in [-0.25, -0.2) is 8.78 Å². The second-order valence-corrected chi connectivity index (χ2v) is 8.72. The SMILES string of the molecule is CSc1ccc(C(=O)NC2(C(=O)NCc3ccc(F)cc3F)CCNCC2)s1. The zero-order valence-corrected chi connectivity index (χ0v) is 16.9. The van der Waals surface area contributed by atoms with Crippen LogP contribution in [0.4, 0.5) is 8.78 Å². The zero-order chi connectivity index (χ0) is 20.1. The Morgan fingerprint density at radius 3 is 2.61 bits per heavy atom. The topological polar surface area (TPSA) is 70.2 Å². The molecule has 2 heterocycles. The van der Waals surface area contributed by atoms with Crippen LogP contribution in [0.5, 0.6) is 0 Å². The number of hydrogen-bond donors (Lipinski definition) is 3. The number of carbonyl (C=O) groups is 2. The standard InChI is InChI=1S/C19H21F2N3O2S2/c1-27-16-5-4-15(28-16)17(25)24-19(6-8-22-9-7-19)18(26)23-11-12-2-3-13(20)10-14(12)21/h2-5,10,22H,6-9,11H2,1H3,(H,23,26)(H,24,25). The number of piperidine rings is 1. The first-order valence-electron chi connectivity index (χ1n) is 8.83. The van der Waals surface area contributed by atoms with Crippen LogP contribution in [0.2, 0.25) is 0 Å². The van der Waals surface area contributed by atoms with Crippen LogP contribution in [0.3, 0.4) is 0 Å². The Morgan fingerprint density at radius 2 is 1.96 bits per heavy atom. The zero-order valence-electron chi connectivity index (χ0n) is 15.3. The van der Waals surface area contributed by atoms with Gasteiger partial charge in [-0.3, -0.25) is 9.59 Å². The number of rotatable bonds is 6. The van der Waals surface area contributed by atoms with Gasteiger partial charge in [-0.15, -0.1) is 23.1 Å². The Hall–Kier alpha value is -1.97. The molecule has 0 unspecified atom stereocenters. The average Bonchev–Trinajstić information content (AvgIpc) is 3.17. The third-order valence-electron chi connectivity index (χ3n) is 4.71. The summed E-state index contributed by atoms with van der Waals surface area (Å²) in [6.07, 6.45) is 2.79. The van der Waals surface area contributed by atoms with Crippen LogP contribution in [0.25, 0.3) is 0 Å². The Labute approximate surface area is 170 Å². The fourth-order valence-corrected chi connectivity index (χ4v) is 4.54. The van der Waals surface area contributed by atoms with E-state index in [2.05, 4.69) is 16.0 Å². The number of hydrogen-bond acceptors (Lipinski definition) is 5. The van der Waals surface area contributed by atoms with E-state index in [1.54, 1.807) is 17.8 Å². The minimum atomic E-state index is -1.07. The summed E-state index contributed by atoms with van der Waals surface area (Å²) >= 11 is 2.93. The van der Waals surface area contributed by atoms with Crippen molar-refractivity contribution >= 4 is 34.9 Å². The molecule has 1 aliphatic rings.